The van der Waals surface area contributed by atoms with Crippen molar-refractivity contribution in [2.24, 2.45) is 5.92 Å². The van der Waals surface area contributed by atoms with Gasteiger partial charge in [0.15, 0.2) is 0 Å². The number of nitrogens with zero attached hydrogens (tertiary/aromatic N) is 5. The van der Waals surface area contributed by atoms with E-state index in [0.717, 1.165) is 29.8 Å². The summed E-state index contributed by atoms with van der Waals surface area (Å²) < 4.78 is 1.76. The van der Waals surface area contributed by atoms with Crippen molar-refractivity contribution in [3.8, 4) is 0 Å². The van der Waals surface area contributed by atoms with Crippen LogP contribution < -0.4 is 0 Å². The molecule has 1 atom stereocenters. The van der Waals surface area contributed by atoms with Gasteiger partial charge in [-0.2, -0.15) is 4.98 Å². The van der Waals surface area contributed by atoms with Crippen molar-refractivity contribution in [2.75, 3.05) is 6.26 Å². The average molecular weight is 362 g/mol. The molecule has 1 amide bonds. The number of rotatable bonds is 6. The molecule has 136 valence electrons. The van der Waals surface area contributed by atoms with Gasteiger partial charge >= 0.3 is 0 Å². The Kier molecular flexibility index (Phi) is 5.04. The molecule has 7 heteroatoms. The molecule has 6 nitrogen and oxygen atoms in total. The summed E-state index contributed by atoms with van der Waals surface area (Å²) in [4.78, 5) is 24.2. The van der Waals surface area contributed by atoms with Crippen LogP contribution in [-0.2, 0) is 11.2 Å². The third-order valence-electron chi connectivity index (χ3n) is 5.17. The lowest BCUT2D eigenvalue weighted by Crippen LogP contribution is -2.44. The van der Waals surface area contributed by atoms with Crippen molar-refractivity contribution in [2.45, 2.75) is 71.1 Å². The quantitative estimate of drug-likeness (QED) is 0.740. The van der Waals surface area contributed by atoms with E-state index in [4.69, 9.17) is 0 Å². The average Bonchev–Trinajstić information content (AvgIpc) is 3.30. The first-order valence-electron chi connectivity index (χ1n) is 8.91. The molecule has 0 bridgehead atoms. The summed E-state index contributed by atoms with van der Waals surface area (Å²) in [6.07, 6.45) is 4.57. The van der Waals surface area contributed by atoms with Crippen LogP contribution in [0.1, 0.15) is 50.6 Å². The van der Waals surface area contributed by atoms with Crippen molar-refractivity contribution in [3.05, 3.63) is 17.0 Å². The molecule has 0 radical (unpaired) electrons. The molecule has 0 N–H and O–H groups in total. The minimum Gasteiger partial charge on any atom is -0.336 e. The highest BCUT2D eigenvalue weighted by Gasteiger charge is 2.36. The molecule has 1 aliphatic rings. The zero-order valence-corrected chi connectivity index (χ0v) is 16.7. The van der Waals surface area contributed by atoms with Gasteiger partial charge in [-0.1, -0.05) is 25.6 Å². The number of aromatic nitrogens is 4. The third-order valence-corrected chi connectivity index (χ3v) is 5.71. The van der Waals surface area contributed by atoms with E-state index in [1.54, 1.807) is 4.52 Å². The van der Waals surface area contributed by atoms with Crippen LogP contribution in [0.15, 0.2) is 5.16 Å². The van der Waals surface area contributed by atoms with Gasteiger partial charge in [-0.25, -0.2) is 9.50 Å². The molecule has 2 aromatic rings. The molecule has 2 heterocycles. The Bertz CT molecular complexity index is 796. The van der Waals surface area contributed by atoms with Gasteiger partial charge in [0.05, 0.1) is 6.42 Å². The highest BCUT2D eigenvalue weighted by Crippen LogP contribution is 2.31. The van der Waals surface area contributed by atoms with Crippen molar-refractivity contribution in [1.82, 2.24) is 24.5 Å². The molecular formula is C18H27N5OS. The molecule has 2 aromatic heterocycles. The second-order valence-corrected chi connectivity index (χ2v) is 8.04. The molecule has 0 saturated heterocycles. The van der Waals surface area contributed by atoms with Gasteiger partial charge in [0.25, 0.3) is 5.78 Å². The van der Waals surface area contributed by atoms with E-state index in [9.17, 15) is 4.79 Å². The zero-order chi connectivity index (χ0) is 18.3. The van der Waals surface area contributed by atoms with Crippen LogP contribution in [0, 0.1) is 19.8 Å². The predicted octanol–water partition coefficient (Wildman–Crippen LogP) is 3.04. The first kappa shape index (κ1) is 18.2. The normalized spacial score (nSPS) is 15.8. The van der Waals surface area contributed by atoms with Crippen LogP contribution in [0.3, 0.4) is 0 Å². The van der Waals surface area contributed by atoms with Gasteiger partial charge in [-0.15, -0.1) is 5.10 Å². The molecule has 0 aliphatic heterocycles. The monoisotopic (exact) mass is 361 g/mol. The lowest BCUT2D eigenvalue weighted by Gasteiger charge is -2.32. The molecule has 0 spiro atoms. The zero-order valence-electron chi connectivity index (χ0n) is 15.9. The van der Waals surface area contributed by atoms with Gasteiger partial charge in [-0.3, -0.25) is 4.79 Å². The largest absolute Gasteiger partial charge is 0.336 e. The standard InChI is InChI=1S/C18H27N5OS/c1-10(2)12(4)22(14-7-8-14)16(24)9-15-11(3)19-17-20-18(25-6)21-23(17)13(15)5/h10,12,14H,7-9H2,1-6H3. The Hall–Kier alpha value is -1.63. The van der Waals surface area contributed by atoms with E-state index >= 15 is 0 Å². The molecule has 0 aromatic carbocycles. The second-order valence-electron chi connectivity index (χ2n) is 7.27. The minimum absolute atomic E-state index is 0.196. The highest BCUT2D eigenvalue weighted by atomic mass is 32.2. The Balaban J connectivity index is 1.92. The van der Waals surface area contributed by atoms with Gasteiger partial charge in [0, 0.05) is 29.0 Å². The number of hydrogen-bond acceptors (Lipinski definition) is 5. The fourth-order valence-electron chi connectivity index (χ4n) is 3.21. The molecule has 1 fully saturated rings. The minimum atomic E-state index is 0.196. The van der Waals surface area contributed by atoms with Gasteiger partial charge in [0.1, 0.15) is 0 Å². The van der Waals surface area contributed by atoms with E-state index in [-0.39, 0.29) is 11.9 Å². The van der Waals surface area contributed by atoms with E-state index in [0.29, 0.717) is 29.3 Å². The van der Waals surface area contributed by atoms with Crippen molar-refractivity contribution in [1.29, 1.82) is 0 Å². The smallest absolute Gasteiger partial charge is 0.253 e. The maximum Gasteiger partial charge on any atom is 0.253 e. The summed E-state index contributed by atoms with van der Waals surface area (Å²) in [6, 6.07) is 0.670. The lowest BCUT2D eigenvalue weighted by molar-refractivity contribution is -0.134. The molecule has 1 aliphatic carbocycles. The summed E-state index contributed by atoms with van der Waals surface area (Å²) in [5.74, 6) is 1.25. The molecule has 1 saturated carbocycles. The van der Waals surface area contributed by atoms with Crippen LogP contribution >= 0.6 is 11.8 Å². The maximum atomic E-state index is 13.1. The summed E-state index contributed by atoms with van der Waals surface area (Å²) in [7, 11) is 0. The molecule has 3 rings (SSSR count). The first-order chi connectivity index (χ1) is 11.8. The van der Waals surface area contributed by atoms with Crippen LogP contribution in [0.2, 0.25) is 0 Å². The van der Waals surface area contributed by atoms with Crippen LogP contribution in [0.4, 0.5) is 0 Å². The van der Waals surface area contributed by atoms with Crippen LogP contribution in [0.25, 0.3) is 5.78 Å². The third kappa shape index (κ3) is 3.52. The lowest BCUT2D eigenvalue weighted by atomic mass is 10.0. The SMILES string of the molecule is CSc1nc2nc(C)c(CC(=O)N(C3CC3)C(C)C(C)C)c(C)n2n1. The fraction of sp³-hybridized carbons (Fsp3) is 0.667. The van der Waals surface area contributed by atoms with Gasteiger partial charge in [0.2, 0.25) is 11.1 Å². The topological polar surface area (TPSA) is 63.4 Å². The fourth-order valence-corrected chi connectivity index (χ4v) is 3.55. The van der Waals surface area contributed by atoms with Crippen molar-refractivity contribution < 1.29 is 4.79 Å². The van der Waals surface area contributed by atoms with E-state index in [1.807, 2.05) is 20.1 Å². The molecule has 25 heavy (non-hydrogen) atoms. The summed E-state index contributed by atoms with van der Waals surface area (Å²) in [5, 5.41) is 5.18. The number of hydrogen-bond donors (Lipinski definition) is 0. The van der Waals surface area contributed by atoms with Gasteiger partial charge < -0.3 is 4.90 Å². The second kappa shape index (κ2) is 6.94. The first-order valence-corrected chi connectivity index (χ1v) is 10.1. The number of thioether (sulfide) groups is 1. The number of carbonyl (C=O) groups excluding carboxylic acids is 1. The summed E-state index contributed by atoms with van der Waals surface area (Å²) >= 11 is 1.49. The summed E-state index contributed by atoms with van der Waals surface area (Å²) in [5.41, 5.74) is 2.79. The number of fused-ring (bicyclic) bond motifs is 1. The Morgan fingerprint density at radius 3 is 2.52 bits per heavy atom. The van der Waals surface area contributed by atoms with E-state index in [1.165, 1.54) is 11.8 Å². The van der Waals surface area contributed by atoms with Crippen LogP contribution in [0.5, 0.6) is 0 Å². The Labute approximate surface area is 153 Å². The Morgan fingerprint density at radius 2 is 1.96 bits per heavy atom. The van der Waals surface area contributed by atoms with Crippen molar-refractivity contribution in [3.63, 3.8) is 0 Å². The molecular weight excluding hydrogens is 334 g/mol. The van der Waals surface area contributed by atoms with Gasteiger partial charge in [-0.05, 0) is 45.8 Å². The number of amides is 1. The highest BCUT2D eigenvalue weighted by molar-refractivity contribution is 7.98. The van der Waals surface area contributed by atoms with Crippen molar-refractivity contribution >= 4 is 23.4 Å². The summed E-state index contributed by atoms with van der Waals surface area (Å²) in [6.45, 7) is 10.5. The number of aryl methyl sites for hydroxylation is 2. The predicted molar refractivity (Wildman–Crippen MR) is 99.9 cm³/mol. The van der Waals surface area contributed by atoms with Crippen LogP contribution in [-0.4, -0.2) is 48.7 Å². The maximum absolute atomic E-state index is 13.1. The number of carbonyl (C=O) groups is 1. The Morgan fingerprint density at radius 1 is 1.28 bits per heavy atom. The van der Waals surface area contributed by atoms with E-state index < -0.39 is 0 Å². The molecule has 1 unspecified atom stereocenters. The van der Waals surface area contributed by atoms with E-state index in [2.05, 4.69) is 40.7 Å².